The van der Waals surface area contributed by atoms with Gasteiger partial charge in [0.25, 0.3) is 0 Å². The van der Waals surface area contributed by atoms with Crippen LogP contribution in [-0.2, 0) is 20.9 Å². The molecule has 0 unspecified atom stereocenters. The molecule has 2 N–H and O–H groups in total. The second-order valence-corrected chi connectivity index (χ2v) is 7.73. The molecule has 152 valence electrons. The zero-order valence-electron chi connectivity index (χ0n) is 16.1. The van der Waals surface area contributed by atoms with E-state index in [1.54, 1.807) is 29.1 Å². The van der Waals surface area contributed by atoms with E-state index >= 15 is 0 Å². The lowest BCUT2D eigenvalue weighted by Gasteiger charge is -2.29. The van der Waals surface area contributed by atoms with Crippen molar-refractivity contribution in [1.82, 2.24) is 15.6 Å². The number of pyridine rings is 1. The van der Waals surface area contributed by atoms with Gasteiger partial charge in [0.15, 0.2) is 0 Å². The third-order valence-corrected chi connectivity index (χ3v) is 5.55. The van der Waals surface area contributed by atoms with Crippen molar-refractivity contribution in [2.24, 2.45) is 0 Å². The van der Waals surface area contributed by atoms with Gasteiger partial charge in [0, 0.05) is 61.9 Å². The Balaban J connectivity index is 1.34. The molecule has 0 spiro atoms. The summed E-state index contributed by atoms with van der Waals surface area (Å²) in [5.74, 6) is 0.437. The first-order valence-corrected chi connectivity index (χ1v) is 10.6. The summed E-state index contributed by atoms with van der Waals surface area (Å²) in [5, 5.41) is 5.50. The number of hydrogen-bond donors (Lipinski definition) is 2. The predicted octanol–water partition coefficient (Wildman–Crippen LogP) is 2.12. The average Bonchev–Trinajstić information content (AvgIpc) is 2.76. The van der Waals surface area contributed by atoms with Gasteiger partial charge < -0.3 is 15.5 Å². The first-order valence-electron chi connectivity index (χ1n) is 9.58. The van der Waals surface area contributed by atoms with Crippen molar-refractivity contribution >= 4 is 35.2 Å². The Morgan fingerprint density at radius 1 is 0.966 bits per heavy atom. The highest BCUT2D eigenvalue weighted by Gasteiger charge is 2.22. The summed E-state index contributed by atoms with van der Waals surface area (Å²) in [6.45, 7) is 1.33. The van der Waals surface area contributed by atoms with E-state index in [2.05, 4.69) is 15.6 Å². The first-order chi connectivity index (χ1) is 14.1. The number of thioether (sulfide) groups is 1. The van der Waals surface area contributed by atoms with Crippen LogP contribution in [0, 0.1) is 0 Å². The molecular formula is C21H24N4O3S. The van der Waals surface area contributed by atoms with Crippen LogP contribution >= 0.6 is 11.8 Å². The first kappa shape index (κ1) is 20.9. The maximum Gasteiger partial charge on any atom is 0.227 e. The van der Waals surface area contributed by atoms with Crippen molar-refractivity contribution in [1.29, 1.82) is 0 Å². The Morgan fingerprint density at radius 3 is 2.55 bits per heavy atom. The molecule has 7 nitrogen and oxygen atoms in total. The van der Waals surface area contributed by atoms with Crippen LogP contribution in [0.3, 0.4) is 0 Å². The lowest BCUT2D eigenvalue weighted by molar-refractivity contribution is -0.125. The third kappa shape index (κ3) is 6.32. The molecule has 3 rings (SSSR count). The molecule has 0 radical (unpaired) electrons. The van der Waals surface area contributed by atoms with Crippen LogP contribution in [-0.4, -0.2) is 41.5 Å². The number of benzene rings is 1. The molecule has 0 saturated heterocycles. The number of rotatable bonds is 8. The standard InChI is InChI=1S/C21H24N4O3S/c26-19(23-12-9-20(27)24-15-16-7-10-22-11-8-16)5-6-21(28)25-13-14-29-18-4-2-1-3-17(18)25/h1-4,7-8,10-11H,5-6,9,12-15H2,(H,23,26)(H,24,27). The highest BCUT2D eigenvalue weighted by Crippen LogP contribution is 2.34. The molecule has 1 aromatic heterocycles. The summed E-state index contributed by atoms with van der Waals surface area (Å²) < 4.78 is 0. The highest BCUT2D eigenvalue weighted by atomic mass is 32.2. The molecule has 0 bridgehead atoms. The number of hydrogen-bond acceptors (Lipinski definition) is 5. The normalized spacial score (nSPS) is 12.8. The van der Waals surface area contributed by atoms with Crippen LogP contribution in [0.15, 0.2) is 53.7 Å². The average molecular weight is 413 g/mol. The van der Waals surface area contributed by atoms with E-state index in [9.17, 15) is 14.4 Å². The summed E-state index contributed by atoms with van der Waals surface area (Å²) in [6, 6.07) is 11.5. The Morgan fingerprint density at radius 2 is 1.72 bits per heavy atom. The molecule has 3 amide bonds. The van der Waals surface area contributed by atoms with Crippen molar-refractivity contribution in [2.45, 2.75) is 30.7 Å². The van der Waals surface area contributed by atoms with Crippen molar-refractivity contribution in [3.05, 3.63) is 54.4 Å². The zero-order chi connectivity index (χ0) is 20.5. The van der Waals surface area contributed by atoms with Gasteiger partial charge in [-0.2, -0.15) is 0 Å². The summed E-state index contributed by atoms with van der Waals surface area (Å²) in [7, 11) is 0. The van der Waals surface area contributed by atoms with Gasteiger partial charge in [-0.1, -0.05) is 12.1 Å². The molecule has 0 atom stereocenters. The smallest absolute Gasteiger partial charge is 0.227 e. The molecule has 2 aromatic rings. The van der Waals surface area contributed by atoms with Crippen LogP contribution in [0.4, 0.5) is 5.69 Å². The number of nitrogens with zero attached hydrogens (tertiary/aromatic N) is 2. The molecular weight excluding hydrogens is 388 g/mol. The molecule has 0 fully saturated rings. The Kier molecular flexibility index (Phi) is 7.63. The second kappa shape index (κ2) is 10.6. The van der Waals surface area contributed by atoms with Crippen molar-refractivity contribution in [3.63, 3.8) is 0 Å². The van der Waals surface area contributed by atoms with Crippen molar-refractivity contribution < 1.29 is 14.4 Å². The highest BCUT2D eigenvalue weighted by molar-refractivity contribution is 7.99. The van der Waals surface area contributed by atoms with Crippen LogP contribution in [0.5, 0.6) is 0 Å². The largest absolute Gasteiger partial charge is 0.356 e. The Bertz CT molecular complexity index is 860. The summed E-state index contributed by atoms with van der Waals surface area (Å²) >= 11 is 1.74. The van der Waals surface area contributed by atoms with Gasteiger partial charge in [-0.25, -0.2) is 0 Å². The van der Waals surface area contributed by atoms with Crippen LogP contribution < -0.4 is 15.5 Å². The summed E-state index contributed by atoms with van der Waals surface area (Å²) in [5.41, 5.74) is 1.88. The molecule has 0 saturated carbocycles. The molecule has 29 heavy (non-hydrogen) atoms. The lowest BCUT2D eigenvalue weighted by atomic mass is 10.2. The van der Waals surface area contributed by atoms with E-state index in [0.717, 1.165) is 21.9 Å². The van der Waals surface area contributed by atoms with Gasteiger partial charge in [-0.15, -0.1) is 11.8 Å². The van der Waals surface area contributed by atoms with Crippen LogP contribution in [0.1, 0.15) is 24.8 Å². The van der Waals surface area contributed by atoms with Gasteiger partial charge in [0.1, 0.15) is 0 Å². The quantitative estimate of drug-likeness (QED) is 0.693. The molecule has 1 aliphatic heterocycles. The number of carbonyl (C=O) groups excluding carboxylic acids is 3. The van der Waals surface area contributed by atoms with Crippen molar-refractivity contribution in [3.8, 4) is 0 Å². The van der Waals surface area contributed by atoms with Crippen LogP contribution in [0.25, 0.3) is 0 Å². The fraction of sp³-hybridized carbons (Fsp3) is 0.333. The minimum absolute atomic E-state index is 0.0528. The van der Waals surface area contributed by atoms with Gasteiger partial charge in [-0.05, 0) is 29.8 Å². The predicted molar refractivity (Wildman–Crippen MR) is 112 cm³/mol. The monoisotopic (exact) mass is 412 g/mol. The number of anilines is 1. The number of fused-ring (bicyclic) bond motifs is 1. The van der Waals surface area contributed by atoms with E-state index < -0.39 is 0 Å². The zero-order valence-corrected chi connectivity index (χ0v) is 16.9. The SMILES string of the molecule is O=C(CCC(=O)N1CCSc2ccccc21)NCCC(=O)NCc1ccncc1. The molecule has 0 aliphatic carbocycles. The number of carbonyl (C=O) groups is 3. The summed E-state index contributed by atoms with van der Waals surface area (Å²) in [4.78, 5) is 43.2. The second-order valence-electron chi connectivity index (χ2n) is 6.59. The van der Waals surface area contributed by atoms with Gasteiger partial charge >= 0.3 is 0 Å². The van der Waals surface area contributed by atoms with Gasteiger partial charge in [0.2, 0.25) is 17.7 Å². The fourth-order valence-electron chi connectivity index (χ4n) is 2.98. The Hall–Kier alpha value is -2.87. The fourth-order valence-corrected chi connectivity index (χ4v) is 3.97. The summed E-state index contributed by atoms with van der Waals surface area (Å²) in [6.07, 6.45) is 3.80. The van der Waals surface area contributed by atoms with E-state index in [1.807, 2.05) is 36.4 Å². The van der Waals surface area contributed by atoms with E-state index in [1.165, 1.54) is 0 Å². The van der Waals surface area contributed by atoms with E-state index in [0.29, 0.717) is 13.1 Å². The van der Waals surface area contributed by atoms with Gasteiger partial charge in [0.05, 0.1) is 5.69 Å². The van der Waals surface area contributed by atoms with Crippen LogP contribution in [0.2, 0.25) is 0 Å². The third-order valence-electron chi connectivity index (χ3n) is 4.51. The molecule has 8 heteroatoms. The number of para-hydroxylation sites is 1. The topological polar surface area (TPSA) is 91.4 Å². The van der Waals surface area contributed by atoms with Crippen molar-refractivity contribution in [2.75, 3.05) is 23.7 Å². The van der Waals surface area contributed by atoms with E-state index in [4.69, 9.17) is 0 Å². The lowest BCUT2D eigenvalue weighted by Crippen LogP contribution is -2.36. The minimum atomic E-state index is -0.222. The maximum atomic E-state index is 12.5. The number of aromatic nitrogens is 1. The van der Waals surface area contributed by atoms with Gasteiger partial charge in [-0.3, -0.25) is 19.4 Å². The number of nitrogens with one attached hydrogen (secondary N) is 2. The molecule has 2 heterocycles. The van der Waals surface area contributed by atoms with E-state index in [-0.39, 0.29) is 43.5 Å². The minimum Gasteiger partial charge on any atom is -0.356 e. The molecule has 1 aromatic carbocycles. The maximum absolute atomic E-state index is 12.5. The molecule has 1 aliphatic rings. The Labute approximate surface area is 174 Å². The number of amides is 3.